The third-order valence-corrected chi connectivity index (χ3v) is 11.9. The van der Waals surface area contributed by atoms with Crippen molar-refractivity contribution in [2.45, 2.75) is 63.2 Å². The first kappa shape index (κ1) is 31.9. The molecule has 3 aromatic rings. The number of carbonyl (C=O) groups is 2. The lowest BCUT2D eigenvalue weighted by molar-refractivity contribution is -0.385. The van der Waals surface area contributed by atoms with Crippen LogP contribution in [0.2, 0.25) is 18.6 Å². The maximum Gasteiger partial charge on any atom is 0.269 e. The van der Waals surface area contributed by atoms with E-state index in [4.69, 9.17) is 4.74 Å². The molecule has 2 N–H and O–H groups in total. The normalized spacial score (nSPS) is 24.7. The van der Waals surface area contributed by atoms with Gasteiger partial charge in [0.25, 0.3) is 11.6 Å². The average molecular weight is 652 g/mol. The second kappa shape index (κ2) is 12.3. The number of aryl methyl sites for hydroxylation is 1. The van der Waals surface area contributed by atoms with Gasteiger partial charge in [0, 0.05) is 73.7 Å². The fourth-order valence-corrected chi connectivity index (χ4v) is 9.90. The Labute approximate surface area is 266 Å². The Kier molecular flexibility index (Phi) is 8.52. The zero-order valence-corrected chi connectivity index (χ0v) is 27.1. The van der Waals surface area contributed by atoms with Crippen molar-refractivity contribution in [2.24, 2.45) is 5.92 Å². The summed E-state index contributed by atoms with van der Waals surface area (Å²) >= 11 is 0. The third kappa shape index (κ3) is 5.61. The monoisotopic (exact) mass is 651 g/mol. The number of aliphatic hydroxyl groups is 1. The van der Waals surface area contributed by atoms with Crippen LogP contribution in [-0.2, 0) is 39.4 Å². The van der Waals surface area contributed by atoms with Crippen LogP contribution in [0.4, 0.5) is 21.2 Å². The van der Waals surface area contributed by atoms with Gasteiger partial charge in [0.15, 0.2) is 5.60 Å². The van der Waals surface area contributed by atoms with Gasteiger partial charge in [0.2, 0.25) is 14.3 Å². The molecule has 3 aliphatic heterocycles. The van der Waals surface area contributed by atoms with E-state index in [1.54, 1.807) is 39.8 Å². The molecule has 244 valence electrons. The van der Waals surface area contributed by atoms with Crippen LogP contribution in [0.15, 0.2) is 48.7 Å². The molecule has 0 unspecified atom stereocenters. The highest BCUT2D eigenvalue weighted by Gasteiger charge is 2.66. The van der Waals surface area contributed by atoms with Crippen LogP contribution < -0.4 is 15.1 Å². The highest BCUT2D eigenvalue weighted by molar-refractivity contribution is 6.72. The van der Waals surface area contributed by atoms with Gasteiger partial charge in [0.1, 0.15) is 0 Å². The summed E-state index contributed by atoms with van der Waals surface area (Å²) in [6.07, 6.45) is 1.79. The number of nitrogens with one attached hydrogen (secondary N) is 1. The molecule has 1 spiro atoms. The van der Waals surface area contributed by atoms with E-state index in [9.17, 15) is 24.8 Å². The van der Waals surface area contributed by atoms with E-state index in [0.717, 1.165) is 11.3 Å². The number of halogens is 1. The number of nitro groups is 1. The Hall–Kier alpha value is -4.05. The third-order valence-electron chi connectivity index (χ3n) is 9.43. The number of nitrogens with zero attached hydrogens (tertiary/aromatic N) is 6. The van der Waals surface area contributed by atoms with Crippen molar-refractivity contribution in [3.05, 3.63) is 75.6 Å². The molecule has 3 aliphatic rings. The maximum atomic E-state index is 16.2. The molecule has 1 aromatic heterocycles. The van der Waals surface area contributed by atoms with E-state index in [-0.39, 0.29) is 37.2 Å². The summed E-state index contributed by atoms with van der Waals surface area (Å²) in [4.78, 5) is 41.7. The van der Waals surface area contributed by atoms with Gasteiger partial charge < -0.3 is 29.1 Å². The number of anilines is 2. The SMILES string of the molecule is C[C@H]1[C@H]([Si](C)(C)F)[C@@H](CCn2cc(CCO)nn2)O[C@]12C(=O)N(Cc1ccc(N3CCNCC3=O)cc1)c1ccc([N+](=O)[O-])cc12. The van der Waals surface area contributed by atoms with Crippen LogP contribution in [0, 0.1) is 16.0 Å². The van der Waals surface area contributed by atoms with E-state index in [1.807, 2.05) is 31.2 Å². The summed E-state index contributed by atoms with van der Waals surface area (Å²) < 4.78 is 24.5. The minimum atomic E-state index is -3.45. The predicted octanol–water partition coefficient (Wildman–Crippen LogP) is 3.07. The topological polar surface area (TPSA) is 156 Å². The number of benzene rings is 2. The molecule has 2 saturated heterocycles. The molecule has 15 heteroatoms. The van der Waals surface area contributed by atoms with Gasteiger partial charge in [-0.2, -0.15) is 0 Å². The van der Waals surface area contributed by atoms with Crippen molar-refractivity contribution >= 4 is 37.3 Å². The molecule has 0 bridgehead atoms. The van der Waals surface area contributed by atoms with Gasteiger partial charge in [0.05, 0.1) is 35.5 Å². The van der Waals surface area contributed by atoms with E-state index >= 15 is 4.11 Å². The van der Waals surface area contributed by atoms with Crippen molar-refractivity contribution in [1.29, 1.82) is 0 Å². The Bertz CT molecular complexity index is 1650. The number of carbonyl (C=O) groups excluding carboxylic acids is 2. The number of amides is 2. The Morgan fingerprint density at radius 1 is 1.22 bits per heavy atom. The van der Waals surface area contributed by atoms with Crippen LogP contribution in [0.5, 0.6) is 0 Å². The zero-order valence-electron chi connectivity index (χ0n) is 26.1. The number of rotatable bonds is 10. The molecule has 0 saturated carbocycles. The summed E-state index contributed by atoms with van der Waals surface area (Å²) in [5, 5.41) is 32.3. The number of fused-ring (bicyclic) bond motifs is 2. The van der Waals surface area contributed by atoms with Crippen molar-refractivity contribution in [3.8, 4) is 0 Å². The molecule has 2 aromatic carbocycles. The highest BCUT2D eigenvalue weighted by Crippen LogP contribution is 2.60. The molecule has 6 rings (SSSR count). The van der Waals surface area contributed by atoms with E-state index in [0.29, 0.717) is 49.4 Å². The Morgan fingerprint density at radius 2 is 1.98 bits per heavy atom. The van der Waals surface area contributed by atoms with Crippen LogP contribution in [0.1, 0.15) is 30.2 Å². The second-order valence-electron chi connectivity index (χ2n) is 12.7. The van der Waals surface area contributed by atoms with Crippen molar-refractivity contribution in [3.63, 3.8) is 0 Å². The van der Waals surface area contributed by atoms with Crippen molar-refractivity contribution in [1.82, 2.24) is 20.3 Å². The first-order valence-corrected chi connectivity index (χ1v) is 18.5. The largest absolute Gasteiger partial charge is 0.396 e. The van der Waals surface area contributed by atoms with Crippen LogP contribution >= 0.6 is 0 Å². The maximum absolute atomic E-state index is 16.2. The summed E-state index contributed by atoms with van der Waals surface area (Å²) in [7, 11) is -3.45. The van der Waals surface area contributed by atoms with Gasteiger partial charge in [-0.05, 0) is 43.3 Å². The summed E-state index contributed by atoms with van der Waals surface area (Å²) in [6, 6.07) is 11.8. The fourth-order valence-electron chi connectivity index (χ4n) is 7.36. The molecule has 2 amide bonds. The zero-order chi connectivity index (χ0) is 32.8. The van der Waals surface area contributed by atoms with Crippen molar-refractivity contribution in [2.75, 3.05) is 36.0 Å². The first-order valence-electron chi connectivity index (χ1n) is 15.5. The molecular weight excluding hydrogens is 613 g/mol. The number of ether oxygens (including phenoxy) is 1. The molecular formula is C31H38FN7O6Si. The highest BCUT2D eigenvalue weighted by atomic mass is 28.4. The van der Waals surface area contributed by atoms with Crippen molar-refractivity contribution < 1.29 is 28.5 Å². The Balaban J connectivity index is 1.33. The van der Waals surface area contributed by atoms with Crippen LogP contribution in [0.3, 0.4) is 0 Å². The number of aromatic nitrogens is 3. The first-order chi connectivity index (χ1) is 21.9. The summed E-state index contributed by atoms with van der Waals surface area (Å²) in [6.45, 7) is 7.02. The number of nitro benzene ring substituents is 1. The van der Waals surface area contributed by atoms with Crippen LogP contribution in [0.25, 0.3) is 0 Å². The lowest BCUT2D eigenvalue weighted by Gasteiger charge is -2.31. The van der Waals surface area contributed by atoms with Gasteiger partial charge in [-0.3, -0.25) is 24.4 Å². The van der Waals surface area contributed by atoms with Gasteiger partial charge in [-0.25, -0.2) is 0 Å². The Morgan fingerprint density at radius 3 is 2.65 bits per heavy atom. The lowest BCUT2D eigenvalue weighted by atomic mass is 9.82. The van der Waals surface area contributed by atoms with Gasteiger partial charge in [-0.1, -0.05) is 24.3 Å². The molecule has 4 heterocycles. The van der Waals surface area contributed by atoms with E-state index in [1.165, 1.54) is 12.1 Å². The molecule has 2 fully saturated rings. The minimum Gasteiger partial charge on any atom is -0.396 e. The summed E-state index contributed by atoms with van der Waals surface area (Å²) in [5.74, 6) is -1.01. The van der Waals surface area contributed by atoms with Gasteiger partial charge >= 0.3 is 0 Å². The quantitative estimate of drug-likeness (QED) is 0.146. The molecule has 0 radical (unpaired) electrons. The standard InChI is InChI=1S/C31H38FN7O6Si/c1-20-29(46(2,3)32)27(10-13-36-19-22(11-15-40)34-35-36)45-31(20)25-16-24(39(43)44)8-9-26(25)38(30(31)42)18-21-4-6-23(7-5-21)37-14-12-33-17-28(37)41/h4-9,16,19-20,27,29,33,40H,10-15,17-18H2,1-3H3/t20-,27+,29-,31+/m0/s1. The number of hydrogen-bond donors (Lipinski definition) is 2. The smallest absolute Gasteiger partial charge is 0.269 e. The van der Waals surface area contributed by atoms with Crippen LogP contribution in [-0.4, -0.2) is 77.6 Å². The molecule has 0 aliphatic carbocycles. The van der Waals surface area contributed by atoms with E-state index in [2.05, 4.69) is 15.6 Å². The number of aliphatic hydroxyl groups excluding tert-OH is 1. The molecule has 13 nitrogen and oxygen atoms in total. The molecule has 46 heavy (non-hydrogen) atoms. The lowest BCUT2D eigenvalue weighted by Crippen LogP contribution is -2.48. The average Bonchev–Trinajstić information content (AvgIpc) is 3.66. The second-order valence-corrected chi connectivity index (χ2v) is 16.5. The predicted molar refractivity (Wildman–Crippen MR) is 169 cm³/mol. The summed E-state index contributed by atoms with van der Waals surface area (Å²) in [5.41, 5.74) is 0.691. The molecule has 4 atom stereocenters. The minimum absolute atomic E-state index is 0.0172. The van der Waals surface area contributed by atoms with Gasteiger partial charge in [-0.15, -0.1) is 5.10 Å². The number of hydrogen-bond acceptors (Lipinski definition) is 9. The fraction of sp³-hybridized carbons (Fsp3) is 0.484. The number of non-ortho nitro benzene ring substituents is 1. The van der Waals surface area contributed by atoms with E-state index < -0.39 is 36.5 Å². The number of piperazine rings is 1.